The lowest BCUT2D eigenvalue weighted by molar-refractivity contribution is -0.155. The summed E-state index contributed by atoms with van der Waals surface area (Å²) in [5.41, 5.74) is 0.395. The average molecular weight is 512 g/mol. The number of ether oxygens (including phenoxy) is 2. The highest BCUT2D eigenvalue weighted by atomic mass is 16.6. The normalized spacial score (nSPS) is 28.1. The topological polar surface area (TPSA) is 127 Å². The zero-order chi connectivity index (χ0) is 26.2. The summed E-state index contributed by atoms with van der Waals surface area (Å²) >= 11 is 0. The molecule has 2 aromatic rings. The summed E-state index contributed by atoms with van der Waals surface area (Å²) in [7, 11) is 0. The molecule has 3 fully saturated rings. The quantitative estimate of drug-likeness (QED) is 0.270. The van der Waals surface area contributed by atoms with Crippen LogP contribution in [0.5, 0.6) is 0 Å². The number of hydrogen-bond acceptors (Lipinski definition) is 8. The number of rotatable bonds is 11. The Balaban J connectivity index is 1.50. The summed E-state index contributed by atoms with van der Waals surface area (Å²) in [5.74, 6) is -2.50. The van der Waals surface area contributed by atoms with E-state index in [-0.39, 0.29) is 44.8 Å². The van der Waals surface area contributed by atoms with E-state index in [1.807, 2.05) is 24.3 Å². The predicted octanol–water partition coefficient (Wildman–Crippen LogP) is 1.11. The second-order valence-electron chi connectivity index (χ2n) is 9.84. The van der Waals surface area contributed by atoms with Gasteiger partial charge in [0.1, 0.15) is 23.8 Å². The van der Waals surface area contributed by atoms with Crippen LogP contribution < -0.4 is 0 Å². The van der Waals surface area contributed by atoms with Gasteiger partial charge >= 0.3 is 5.97 Å². The van der Waals surface area contributed by atoms with Gasteiger partial charge < -0.3 is 24.4 Å². The van der Waals surface area contributed by atoms with Gasteiger partial charge in [-0.2, -0.15) is 0 Å². The monoisotopic (exact) mass is 511 g/mol. The maximum absolute atomic E-state index is 14.3. The number of nitrogens with zero attached hydrogens (tertiary/aromatic N) is 5. The predicted molar refractivity (Wildman–Crippen MR) is 132 cm³/mol. The molecule has 0 radical (unpaired) electrons. The lowest BCUT2D eigenvalue weighted by Gasteiger charge is -2.36. The Labute approximate surface area is 215 Å². The van der Waals surface area contributed by atoms with Gasteiger partial charge in [0, 0.05) is 19.7 Å². The maximum Gasteiger partial charge on any atom is 0.312 e. The molecule has 11 heteroatoms. The lowest BCUT2D eigenvalue weighted by Crippen LogP contribution is -2.56. The summed E-state index contributed by atoms with van der Waals surface area (Å²) in [6.07, 6.45) is 3.29. The van der Waals surface area contributed by atoms with Gasteiger partial charge in [-0.1, -0.05) is 23.4 Å². The van der Waals surface area contributed by atoms with E-state index < -0.39 is 35.6 Å². The van der Waals surface area contributed by atoms with Crippen molar-refractivity contribution < 1.29 is 29.0 Å². The third-order valence-corrected chi connectivity index (χ3v) is 7.79. The lowest BCUT2D eigenvalue weighted by atomic mass is 9.70. The summed E-state index contributed by atoms with van der Waals surface area (Å²) in [6, 6.07) is 6.58. The molecule has 1 spiro atoms. The fourth-order valence-corrected chi connectivity index (χ4v) is 6.30. The van der Waals surface area contributed by atoms with Crippen molar-refractivity contribution in [2.75, 3.05) is 26.3 Å². The van der Waals surface area contributed by atoms with Gasteiger partial charge in [-0.3, -0.25) is 14.4 Å². The largest absolute Gasteiger partial charge is 0.466 e. The minimum Gasteiger partial charge on any atom is -0.466 e. The van der Waals surface area contributed by atoms with Gasteiger partial charge in [0.05, 0.1) is 30.1 Å². The Morgan fingerprint density at radius 2 is 2.16 bits per heavy atom. The van der Waals surface area contributed by atoms with E-state index in [0.29, 0.717) is 31.2 Å². The maximum atomic E-state index is 14.3. The minimum absolute atomic E-state index is 0.0127. The highest BCUT2D eigenvalue weighted by molar-refractivity contribution is 5.98. The standard InChI is InChI=1S/C26H33N5O6/c1-3-13-29(16-31-18-10-6-5-9-17(18)27-28-31)24(34)22-26-12-11-19(37-26)20(25(35)36-4-2)21(26)23(33)30(22)14-7-8-15-32/h3,5-6,9-10,19-22,32H,1,4,7-8,11-16H2,2H3/t19-,20+,21+,22-,26+/m1/s1. The summed E-state index contributed by atoms with van der Waals surface area (Å²) < 4.78 is 13.4. The third kappa shape index (κ3) is 4.10. The molecule has 5 atom stereocenters. The minimum atomic E-state index is -1.10. The second kappa shape index (κ2) is 10.2. The fraction of sp³-hybridized carbons (Fsp3) is 0.577. The van der Waals surface area contributed by atoms with E-state index in [1.165, 1.54) is 0 Å². The van der Waals surface area contributed by atoms with Crippen LogP contribution in [0, 0.1) is 11.8 Å². The first-order valence-electron chi connectivity index (χ1n) is 12.9. The number of carbonyl (C=O) groups is 3. The van der Waals surface area contributed by atoms with Crippen LogP contribution in [0.2, 0.25) is 0 Å². The molecular weight excluding hydrogens is 478 g/mol. The molecule has 1 aromatic carbocycles. The second-order valence-corrected chi connectivity index (χ2v) is 9.84. The molecule has 0 unspecified atom stereocenters. The van der Waals surface area contributed by atoms with Crippen molar-refractivity contribution in [2.24, 2.45) is 11.8 Å². The van der Waals surface area contributed by atoms with Crippen LogP contribution in [0.3, 0.4) is 0 Å². The van der Waals surface area contributed by atoms with E-state index in [9.17, 15) is 19.5 Å². The van der Waals surface area contributed by atoms with Crippen molar-refractivity contribution in [1.82, 2.24) is 24.8 Å². The number of para-hydroxylation sites is 1. The van der Waals surface area contributed by atoms with E-state index >= 15 is 0 Å². The molecule has 4 heterocycles. The molecule has 2 amide bonds. The number of fused-ring (bicyclic) bond motifs is 2. The van der Waals surface area contributed by atoms with E-state index in [1.54, 1.807) is 27.5 Å². The summed E-state index contributed by atoms with van der Waals surface area (Å²) in [5, 5.41) is 17.7. The molecule has 1 aromatic heterocycles. The number of unbranched alkanes of at least 4 members (excludes halogenated alkanes) is 1. The number of aromatic nitrogens is 3. The first kappa shape index (κ1) is 25.3. The van der Waals surface area contributed by atoms with Crippen molar-refractivity contribution >= 4 is 28.8 Å². The molecule has 0 aliphatic carbocycles. The Hall–Kier alpha value is -3.31. The molecule has 198 valence electrons. The van der Waals surface area contributed by atoms with E-state index in [4.69, 9.17) is 9.47 Å². The van der Waals surface area contributed by atoms with Gasteiger partial charge in [0.15, 0.2) is 0 Å². The Bertz CT molecular complexity index is 1200. The van der Waals surface area contributed by atoms with Crippen LogP contribution in [0.1, 0.15) is 32.6 Å². The van der Waals surface area contributed by atoms with E-state index in [2.05, 4.69) is 16.9 Å². The smallest absolute Gasteiger partial charge is 0.312 e. The Morgan fingerprint density at radius 3 is 2.92 bits per heavy atom. The van der Waals surface area contributed by atoms with Gasteiger partial charge in [-0.25, -0.2) is 4.68 Å². The van der Waals surface area contributed by atoms with Gasteiger partial charge in [0.25, 0.3) is 0 Å². The van der Waals surface area contributed by atoms with Crippen LogP contribution in [0.25, 0.3) is 11.0 Å². The molecule has 3 aliphatic heterocycles. The van der Waals surface area contributed by atoms with Crippen LogP contribution in [-0.4, -0.2) is 91.7 Å². The van der Waals surface area contributed by atoms with Gasteiger partial charge in [-0.05, 0) is 44.7 Å². The van der Waals surface area contributed by atoms with Crippen molar-refractivity contribution in [1.29, 1.82) is 0 Å². The summed E-state index contributed by atoms with van der Waals surface area (Å²) in [4.78, 5) is 44.2. The molecule has 2 bridgehead atoms. The number of carbonyl (C=O) groups excluding carboxylic acids is 3. The molecule has 3 aliphatic rings. The van der Waals surface area contributed by atoms with Crippen LogP contribution in [0.4, 0.5) is 0 Å². The zero-order valence-electron chi connectivity index (χ0n) is 21.0. The molecule has 3 saturated heterocycles. The van der Waals surface area contributed by atoms with Crippen molar-refractivity contribution in [3.63, 3.8) is 0 Å². The number of hydrogen-bond donors (Lipinski definition) is 1. The first-order valence-corrected chi connectivity index (χ1v) is 12.9. The fourth-order valence-electron chi connectivity index (χ4n) is 6.30. The van der Waals surface area contributed by atoms with Crippen LogP contribution >= 0.6 is 0 Å². The number of aliphatic hydroxyl groups excluding tert-OH is 1. The molecular formula is C26H33N5O6. The molecule has 5 rings (SSSR count). The van der Waals surface area contributed by atoms with Crippen LogP contribution in [0.15, 0.2) is 36.9 Å². The molecule has 11 nitrogen and oxygen atoms in total. The number of likely N-dealkylation sites (tertiary alicyclic amines) is 1. The van der Waals surface area contributed by atoms with Gasteiger partial charge in [0.2, 0.25) is 11.8 Å². The number of benzene rings is 1. The van der Waals surface area contributed by atoms with Crippen molar-refractivity contribution in [3.8, 4) is 0 Å². The Morgan fingerprint density at radius 1 is 1.35 bits per heavy atom. The SMILES string of the molecule is C=CCN(Cn1nnc2ccccc21)C(=O)[C@H]1N(CCCCO)C(=O)[C@@H]2[C@@H](C(=O)OCC)[C@H]3CC[C@]21O3. The van der Waals surface area contributed by atoms with Crippen molar-refractivity contribution in [3.05, 3.63) is 36.9 Å². The number of esters is 1. The van der Waals surface area contributed by atoms with E-state index in [0.717, 1.165) is 5.52 Å². The first-order chi connectivity index (χ1) is 18.0. The third-order valence-electron chi connectivity index (χ3n) is 7.79. The van der Waals surface area contributed by atoms with Gasteiger partial charge in [-0.15, -0.1) is 11.7 Å². The Kier molecular flexibility index (Phi) is 7.00. The molecule has 37 heavy (non-hydrogen) atoms. The number of aliphatic hydroxyl groups is 1. The zero-order valence-corrected chi connectivity index (χ0v) is 21.0. The molecule has 1 N–H and O–H groups in total. The number of amides is 2. The molecule has 0 saturated carbocycles. The highest BCUT2D eigenvalue weighted by Crippen LogP contribution is 2.58. The highest BCUT2D eigenvalue weighted by Gasteiger charge is 2.75. The van der Waals surface area contributed by atoms with Crippen LogP contribution in [-0.2, 0) is 30.5 Å². The average Bonchev–Trinajstić information content (AvgIpc) is 3.64. The summed E-state index contributed by atoms with van der Waals surface area (Å²) in [6.45, 7) is 6.38. The van der Waals surface area contributed by atoms with Crippen molar-refractivity contribution in [2.45, 2.75) is 57.0 Å².